The number of nitrogen functional groups attached to an aromatic ring is 1. The van der Waals surface area contributed by atoms with Crippen LogP contribution in [0.15, 0.2) is 18.2 Å². The molecule has 7 heteroatoms. The molecule has 0 saturated carbocycles. The number of carbonyl (C=O) groups is 1. The number of aliphatic hydroxyl groups is 1. The lowest BCUT2D eigenvalue weighted by atomic mass is 10.1. The zero-order valence-electron chi connectivity index (χ0n) is 11.4. The first kappa shape index (κ1) is 15.9. The molecule has 0 atom stereocenters. The lowest BCUT2D eigenvalue weighted by Crippen LogP contribution is -2.34. The number of aliphatic hydroxyl groups excluding tert-OH is 1. The third kappa shape index (κ3) is 3.92. The summed E-state index contributed by atoms with van der Waals surface area (Å²) in [6.45, 7) is 2.49. The van der Waals surface area contributed by atoms with Gasteiger partial charge in [-0.25, -0.2) is 0 Å². The average molecular weight is 281 g/mol. The Morgan fingerprint density at radius 2 is 2.15 bits per heavy atom. The predicted molar refractivity (Wildman–Crippen MR) is 75.4 cm³/mol. The molecule has 3 N–H and O–H groups in total. The number of hydrogen-bond acceptors (Lipinski definition) is 5. The van der Waals surface area contributed by atoms with Gasteiger partial charge in [0, 0.05) is 30.9 Å². The maximum Gasteiger partial charge on any atom is 0.270 e. The van der Waals surface area contributed by atoms with Crippen molar-refractivity contribution in [1.82, 2.24) is 4.90 Å². The quantitative estimate of drug-likeness (QED) is 0.446. The van der Waals surface area contributed by atoms with Crippen LogP contribution in [0.1, 0.15) is 30.1 Å². The number of nitro groups is 1. The second kappa shape index (κ2) is 7.44. The molecule has 0 spiro atoms. The van der Waals surface area contributed by atoms with Gasteiger partial charge >= 0.3 is 0 Å². The summed E-state index contributed by atoms with van der Waals surface area (Å²) in [7, 11) is 0. The zero-order chi connectivity index (χ0) is 15.1. The largest absolute Gasteiger partial charge is 0.398 e. The van der Waals surface area contributed by atoms with Gasteiger partial charge in [-0.1, -0.05) is 13.3 Å². The van der Waals surface area contributed by atoms with E-state index in [1.54, 1.807) is 0 Å². The van der Waals surface area contributed by atoms with Crippen molar-refractivity contribution < 1.29 is 14.8 Å². The Morgan fingerprint density at radius 1 is 1.45 bits per heavy atom. The summed E-state index contributed by atoms with van der Waals surface area (Å²) in [5, 5.41) is 19.8. The molecule has 0 heterocycles. The Labute approximate surface area is 117 Å². The normalized spacial score (nSPS) is 10.3. The summed E-state index contributed by atoms with van der Waals surface area (Å²) in [5.74, 6) is -0.395. The molecule has 1 aromatic carbocycles. The van der Waals surface area contributed by atoms with Gasteiger partial charge in [0.1, 0.15) is 0 Å². The SMILES string of the molecule is CCCCN(CCO)C(=O)c1cc([N+](=O)[O-])ccc1N. The van der Waals surface area contributed by atoms with Crippen LogP contribution in [0.2, 0.25) is 0 Å². The molecule has 0 aliphatic rings. The van der Waals surface area contributed by atoms with E-state index in [2.05, 4.69) is 0 Å². The Hall–Kier alpha value is -2.15. The van der Waals surface area contributed by atoms with E-state index >= 15 is 0 Å². The van der Waals surface area contributed by atoms with E-state index in [9.17, 15) is 14.9 Å². The molecule has 1 amide bonds. The first-order chi connectivity index (χ1) is 9.51. The summed E-state index contributed by atoms with van der Waals surface area (Å²) in [6, 6.07) is 3.78. The van der Waals surface area contributed by atoms with Crippen molar-refractivity contribution in [2.24, 2.45) is 0 Å². The number of hydrogen-bond donors (Lipinski definition) is 2. The van der Waals surface area contributed by atoms with Crippen molar-refractivity contribution >= 4 is 17.3 Å². The minimum Gasteiger partial charge on any atom is -0.398 e. The molecule has 0 bridgehead atoms. The molecule has 0 aliphatic heterocycles. The number of nitrogens with zero attached hydrogens (tertiary/aromatic N) is 2. The third-order valence-electron chi connectivity index (χ3n) is 2.92. The van der Waals surface area contributed by atoms with Gasteiger partial charge in [-0.05, 0) is 12.5 Å². The smallest absolute Gasteiger partial charge is 0.270 e. The van der Waals surface area contributed by atoms with E-state index in [1.165, 1.54) is 23.1 Å². The van der Waals surface area contributed by atoms with Gasteiger partial charge in [0.15, 0.2) is 0 Å². The van der Waals surface area contributed by atoms with Gasteiger partial charge in [-0.3, -0.25) is 14.9 Å². The first-order valence-corrected chi connectivity index (χ1v) is 6.45. The molecule has 1 rings (SSSR count). The molecule has 110 valence electrons. The molecular formula is C13H19N3O4. The van der Waals surface area contributed by atoms with Crippen LogP contribution in [0.4, 0.5) is 11.4 Å². The topological polar surface area (TPSA) is 110 Å². The van der Waals surface area contributed by atoms with Crippen molar-refractivity contribution in [3.8, 4) is 0 Å². The number of benzene rings is 1. The first-order valence-electron chi connectivity index (χ1n) is 6.45. The summed E-state index contributed by atoms with van der Waals surface area (Å²) in [6.07, 6.45) is 1.69. The van der Waals surface area contributed by atoms with Crippen molar-refractivity contribution in [1.29, 1.82) is 0 Å². The molecule has 0 aromatic heterocycles. The van der Waals surface area contributed by atoms with E-state index in [4.69, 9.17) is 10.8 Å². The van der Waals surface area contributed by atoms with E-state index in [1.807, 2.05) is 6.92 Å². The number of unbranched alkanes of at least 4 members (excludes halogenated alkanes) is 1. The van der Waals surface area contributed by atoms with Crippen LogP contribution in [-0.2, 0) is 0 Å². The van der Waals surface area contributed by atoms with E-state index < -0.39 is 10.8 Å². The van der Waals surface area contributed by atoms with Crippen LogP contribution in [0, 0.1) is 10.1 Å². The number of amides is 1. The van der Waals surface area contributed by atoms with E-state index in [0.29, 0.717) is 6.54 Å². The van der Waals surface area contributed by atoms with Gasteiger partial charge in [0.2, 0.25) is 0 Å². The number of nitro benzene ring substituents is 1. The minimum absolute atomic E-state index is 0.101. The van der Waals surface area contributed by atoms with Crippen molar-refractivity contribution in [2.45, 2.75) is 19.8 Å². The standard InChI is InChI=1S/C13H19N3O4/c1-2-3-6-15(7-8-17)13(18)11-9-10(16(19)20)4-5-12(11)14/h4-5,9,17H,2-3,6-8,14H2,1H3. The number of rotatable bonds is 7. The Balaban J connectivity index is 3.03. The molecular weight excluding hydrogens is 262 g/mol. The molecule has 7 nitrogen and oxygen atoms in total. The van der Waals surface area contributed by atoms with Crippen molar-refractivity contribution in [3.63, 3.8) is 0 Å². The lowest BCUT2D eigenvalue weighted by molar-refractivity contribution is -0.384. The van der Waals surface area contributed by atoms with Gasteiger partial charge in [-0.15, -0.1) is 0 Å². The highest BCUT2D eigenvalue weighted by molar-refractivity contribution is 5.99. The highest BCUT2D eigenvalue weighted by atomic mass is 16.6. The molecule has 0 aliphatic carbocycles. The molecule has 0 saturated heterocycles. The number of non-ortho nitro benzene ring substituents is 1. The maximum atomic E-state index is 12.3. The molecule has 0 fully saturated rings. The summed E-state index contributed by atoms with van der Waals surface area (Å²) in [5.41, 5.74) is 5.84. The van der Waals surface area contributed by atoms with Crippen LogP contribution in [0.25, 0.3) is 0 Å². The van der Waals surface area contributed by atoms with Gasteiger partial charge in [-0.2, -0.15) is 0 Å². The van der Waals surface area contributed by atoms with Crippen molar-refractivity contribution in [3.05, 3.63) is 33.9 Å². The summed E-state index contributed by atoms with van der Waals surface area (Å²) >= 11 is 0. The highest BCUT2D eigenvalue weighted by Gasteiger charge is 2.20. The van der Waals surface area contributed by atoms with Crippen LogP contribution in [0.5, 0.6) is 0 Å². The fourth-order valence-corrected chi connectivity index (χ4v) is 1.80. The Bertz CT molecular complexity index is 491. The Morgan fingerprint density at radius 3 is 2.70 bits per heavy atom. The molecule has 0 unspecified atom stereocenters. The third-order valence-corrected chi connectivity index (χ3v) is 2.92. The number of nitrogens with two attached hydrogens (primary N) is 1. The molecule has 1 aromatic rings. The minimum atomic E-state index is -0.571. The van der Waals surface area contributed by atoms with E-state index in [0.717, 1.165) is 12.8 Å². The van der Waals surface area contributed by atoms with E-state index in [-0.39, 0.29) is 30.1 Å². The lowest BCUT2D eigenvalue weighted by Gasteiger charge is -2.22. The summed E-state index contributed by atoms with van der Waals surface area (Å²) < 4.78 is 0. The van der Waals surface area contributed by atoms with Crippen LogP contribution in [-0.4, -0.2) is 40.5 Å². The van der Waals surface area contributed by atoms with Crippen LogP contribution >= 0.6 is 0 Å². The Kier molecular flexibility index (Phi) is 5.92. The van der Waals surface area contributed by atoms with Gasteiger partial charge in [0.05, 0.1) is 17.1 Å². The number of anilines is 1. The second-order valence-electron chi connectivity index (χ2n) is 4.40. The molecule has 0 radical (unpaired) electrons. The monoisotopic (exact) mass is 281 g/mol. The molecule has 20 heavy (non-hydrogen) atoms. The zero-order valence-corrected chi connectivity index (χ0v) is 11.4. The fraction of sp³-hybridized carbons (Fsp3) is 0.462. The predicted octanol–water partition coefficient (Wildman–Crippen LogP) is 1.41. The highest BCUT2D eigenvalue weighted by Crippen LogP contribution is 2.21. The average Bonchev–Trinajstić information content (AvgIpc) is 2.43. The summed E-state index contributed by atoms with van der Waals surface area (Å²) in [4.78, 5) is 24.0. The number of carbonyl (C=O) groups excluding carboxylic acids is 1. The van der Waals surface area contributed by atoms with Crippen LogP contribution < -0.4 is 5.73 Å². The fourth-order valence-electron chi connectivity index (χ4n) is 1.80. The van der Waals surface area contributed by atoms with Crippen LogP contribution in [0.3, 0.4) is 0 Å². The second-order valence-corrected chi connectivity index (χ2v) is 4.40. The van der Waals surface area contributed by atoms with Crippen molar-refractivity contribution in [2.75, 3.05) is 25.4 Å². The maximum absolute atomic E-state index is 12.3. The van der Waals surface area contributed by atoms with Gasteiger partial charge < -0.3 is 15.7 Å². The van der Waals surface area contributed by atoms with Gasteiger partial charge in [0.25, 0.3) is 11.6 Å².